The lowest BCUT2D eigenvalue weighted by atomic mass is 9.85. The van der Waals surface area contributed by atoms with Gasteiger partial charge in [0.15, 0.2) is 0 Å². The molecule has 0 radical (unpaired) electrons. The number of carbonyl (C=O) groups excluding carboxylic acids is 1. The maximum atomic E-state index is 12.3. The summed E-state index contributed by atoms with van der Waals surface area (Å²) < 4.78 is 1.44. The monoisotopic (exact) mass is 298 g/mol. The Balaban J connectivity index is 2.16. The topological polar surface area (TPSA) is 90.0 Å². The lowest BCUT2D eigenvalue weighted by Gasteiger charge is -2.25. The maximum absolute atomic E-state index is 12.3. The Bertz CT molecular complexity index is 554. The van der Waals surface area contributed by atoms with Crippen LogP contribution in [0.2, 0.25) is 5.02 Å². The number of aromatic nitrogens is 2. The summed E-state index contributed by atoms with van der Waals surface area (Å²) in [7, 11) is 0. The molecule has 1 aromatic heterocycles. The number of rotatable bonds is 6. The molecule has 1 unspecified atom stereocenters. The number of hydrogen-bond acceptors (Lipinski definition) is 4. The van der Waals surface area contributed by atoms with E-state index < -0.39 is 5.91 Å². The van der Waals surface area contributed by atoms with Gasteiger partial charge < -0.3 is 11.1 Å². The molecule has 0 aliphatic heterocycles. The number of amides is 1. The smallest absolute Gasteiger partial charge is 0.291 e. The SMILES string of the molecule is CC(CC(N)=O)Nc1c(Cl)cnn(CC2CCC2)c1=O. The van der Waals surface area contributed by atoms with Gasteiger partial charge in [0.05, 0.1) is 11.2 Å². The van der Waals surface area contributed by atoms with Gasteiger partial charge in [-0.15, -0.1) is 0 Å². The lowest BCUT2D eigenvalue weighted by Crippen LogP contribution is -2.33. The summed E-state index contributed by atoms with van der Waals surface area (Å²) in [5.41, 5.74) is 5.17. The van der Waals surface area contributed by atoms with Crippen molar-refractivity contribution >= 4 is 23.2 Å². The van der Waals surface area contributed by atoms with Crippen LogP contribution in [0.5, 0.6) is 0 Å². The van der Waals surface area contributed by atoms with E-state index in [0.29, 0.717) is 12.5 Å². The van der Waals surface area contributed by atoms with Gasteiger partial charge in [-0.05, 0) is 25.7 Å². The first-order valence-corrected chi connectivity index (χ1v) is 7.15. The fourth-order valence-electron chi connectivity index (χ4n) is 2.25. The number of nitrogens with one attached hydrogen (secondary N) is 1. The molecule has 1 heterocycles. The Morgan fingerprint density at radius 1 is 1.65 bits per heavy atom. The van der Waals surface area contributed by atoms with E-state index in [9.17, 15) is 9.59 Å². The molecule has 110 valence electrons. The van der Waals surface area contributed by atoms with Crippen molar-refractivity contribution in [3.8, 4) is 0 Å². The van der Waals surface area contributed by atoms with Gasteiger partial charge in [0.25, 0.3) is 5.56 Å². The summed E-state index contributed by atoms with van der Waals surface area (Å²) in [6, 6.07) is -0.253. The summed E-state index contributed by atoms with van der Waals surface area (Å²) in [5.74, 6) is 0.0993. The maximum Gasteiger partial charge on any atom is 0.291 e. The zero-order chi connectivity index (χ0) is 14.7. The molecule has 1 fully saturated rings. The summed E-state index contributed by atoms with van der Waals surface area (Å²) in [4.78, 5) is 23.2. The van der Waals surface area contributed by atoms with Gasteiger partial charge in [-0.2, -0.15) is 5.10 Å². The van der Waals surface area contributed by atoms with Crippen LogP contribution in [0.25, 0.3) is 0 Å². The highest BCUT2D eigenvalue weighted by Gasteiger charge is 2.20. The molecule has 7 heteroatoms. The van der Waals surface area contributed by atoms with Crippen molar-refractivity contribution in [2.24, 2.45) is 11.7 Å². The van der Waals surface area contributed by atoms with Crippen LogP contribution in [0.4, 0.5) is 5.69 Å². The molecule has 3 N–H and O–H groups in total. The first-order chi connectivity index (χ1) is 9.47. The highest BCUT2D eigenvalue weighted by molar-refractivity contribution is 6.33. The molecule has 1 aliphatic rings. The van der Waals surface area contributed by atoms with Crippen LogP contribution < -0.4 is 16.6 Å². The molecule has 1 aromatic rings. The molecule has 1 amide bonds. The first kappa shape index (κ1) is 14.8. The highest BCUT2D eigenvalue weighted by Crippen LogP contribution is 2.27. The second-order valence-corrected chi connectivity index (χ2v) is 5.77. The van der Waals surface area contributed by atoms with Crippen molar-refractivity contribution in [2.75, 3.05) is 5.32 Å². The summed E-state index contributed by atoms with van der Waals surface area (Å²) in [5, 5.41) is 7.28. The minimum atomic E-state index is -0.426. The lowest BCUT2D eigenvalue weighted by molar-refractivity contribution is -0.118. The van der Waals surface area contributed by atoms with E-state index in [1.54, 1.807) is 6.92 Å². The van der Waals surface area contributed by atoms with Crippen LogP contribution >= 0.6 is 11.6 Å². The predicted octanol–water partition coefficient (Wildman–Crippen LogP) is 1.37. The summed E-state index contributed by atoms with van der Waals surface area (Å²) >= 11 is 6.01. The molecule has 1 atom stereocenters. The molecule has 6 nitrogen and oxygen atoms in total. The van der Waals surface area contributed by atoms with Gasteiger partial charge in [0.1, 0.15) is 5.69 Å². The van der Waals surface area contributed by atoms with Crippen LogP contribution in [-0.4, -0.2) is 21.7 Å². The highest BCUT2D eigenvalue weighted by atomic mass is 35.5. The van der Waals surface area contributed by atoms with Crippen molar-refractivity contribution in [1.29, 1.82) is 0 Å². The summed E-state index contributed by atoms with van der Waals surface area (Å²) in [6.07, 6.45) is 5.09. The second kappa shape index (κ2) is 6.26. The standard InChI is InChI=1S/C13H19ClN4O2/c1-8(5-11(15)19)17-12-10(14)6-16-18(13(12)20)7-9-3-2-4-9/h6,8-9,17H,2-5,7H2,1H3,(H2,15,19). The third-order valence-corrected chi connectivity index (χ3v) is 3.84. The van der Waals surface area contributed by atoms with Crippen molar-refractivity contribution in [2.45, 2.75) is 45.2 Å². The minimum absolute atomic E-state index is 0.140. The van der Waals surface area contributed by atoms with Crippen LogP contribution in [0, 0.1) is 5.92 Å². The average molecular weight is 299 g/mol. The van der Waals surface area contributed by atoms with E-state index in [1.807, 2.05) is 0 Å². The van der Waals surface area contributed by atoms with Crippen LogP contribution in [-0.2, 0) is 11.3 Å². The van der Waals surface area contributed by atoms with Gasteiger partial charge in [-0.3, -0.25) is 9.59 Å². The quantitative estimate of drug-likeness (QED) is 0.830. The van der Waals surface area contributed by atoms with Gasteiger partial charge in [0.2, 0.25) is 5.91 Å². The third-order valence-electron chi connectivity index (χ3n) is 3.55. The normalized spacial score (nSPS) is 16.5. The fourth-order valence-corrected chi connectivity index (χ4v) is 2.43. The number of anilines is 1. The van der Waals surface area contributed by atoms with Gasteiger partial charge in [0, 0.05) is 19.0 Å². The first-order valence-electron chi connectivity index (χ1n) is 6.78. The van der Waals surface area contributed by atoms with Crippen molar-refractivity contribution in [3.05, 3.63) is 21.6 Å². The zero-order valence-corrected chi connectivity index (χ0v) is 12.2. The number of primary amides is 1. The molecule has 0 aromatic carbocycles. The number of carbonyl (C=O) groups is 1. The molecule has 20 heavy (non-hydrogen) atoms. The van der Waals surface area contributed by atoms with Crippen molar-refractivity contribution < 1.29 is 4.79 Å². The van der Waals surface area contributed by atoms with Gasteiger partial charge in [-0.25, -0.2) is 4.68 Å². The van der Waals surface area contributed by atoms with Gasteiger partial charge in [-0.1, -0.05) is 18.0 Å². The Morgan fingerprint density at radius 3 is 2.90 bits per heavy atom. The summed E-state index contributed by atoms with van der Waals surface area (Å²) in [6.45, 7) is 2.39. The second-order valence-electron chi connectivity index (χ2n) is 5.37. The van der Waals surface area contributed by atoms with Crippen LogP contribution in [0.3, 0.4) is 0 Å². The largest absolute Gasteiger partial charge is 0.376 e. The molecule has 1 saturated carbocycles. The van der Waals surface area contributed by atoms with Crippen molar-refractivity contribution in [3.63, 3.8) is 0 Å². The Morgan fingerprint density at radius 2 is 2.35 bits per heavy atom. The Hall–Kier alpha value is -1.56. The molecule has 0 saturated heterocycles. The molecular formula is C13H19ClN4O2. The van der Waals surface area contributed by atoms with E-state index >= 15 is 0 Å². The fraction of sp³-hybridized carbons (Fsp3) is 0.615. The van der Waals surface area contributed by atoms with E-state index in [1.165, 1.54) is 17.3 Å². The number of hydrogen-bond donors (Lipinski definition) is 2. The minimum Gasteiger partial charge on any atom is -0.376 e. The van der Waals surface area contributed by atoms with E-state index in [4.69, 9.17) is 17.3 Å². The predicted molar refractivity (Wildman–Crippen MR) is 77.7 cm³/mol. The van der Waals surface area contributed by atoms with Crippen LogP contribution in [0.1, 0.15) is 32.6 Å². The number of nitrogens with zero attached hydrogens (tertiary/aromatic N) is 2. The Labute approximate surface area is 122 Å². The van der Waals surface area contributed by atoms with Crippen molar-refractivity contribution in [1.82, 2.24) is 9.78 Å². The third kappa shape index (κ3) is 3.50. The molecule has 1 aliphatic carbocycles. The van der Waals surface area contributed by atoms with Gasteiger partial charge >= 0.3 is 0 Å². The van der Waals surface area contributed by atoms with E-state index in [-0.39, 0.29) is 28.7 Å². The molecule has 0 bridgehead atoms. The zero-order valence-electron chi connectivity index (χ0n) is 11.4. The molecule has 0 spiro atoms. The van der Waals surface area contributed by atoms with E-state index in [2.05, 4.69) is 10.4 Å². The average Bonchev–Trinajstić information content (AvgIpc) is 2.30. The van der Waals surface area contributed by atoms with E-state index in [0.717, 1.165) is 12.8 Å². The van der Waals surface area contributed by atoms with Crippen LogP contribution in [0.15, 0.2) is 11.0 Å². The Kier molecular flexibility index (Phi) is 4.65. The number of nitrogens with two attached hydrogens (primary N) is 1. The molecular weight excluding hydrogens is 280 g/mol. The number of halogens is 1. The molecule has 2 rings (SSSR count).